The molecule has 0 aliphatic carbocycles. The van der Waals surface area contributed by atoms with E-state index in [2.05, 4.69) is 36.9 Å². The van der Waals surface area contributed by atoms with Crippen LogP contribution in [0.3, 0.4) is 0 Å². The molecule has 0 saturated heterocycles. The number of ether oxygens (including phenoxy) is 3. The van der Waals surface area contributed by atoms with E-state index in [-0.39, 0.29) is 0 Å². The van der Waals surface area contributed by atoms with E-state index >= 15 is 0 Å². The maximum absolute atomic E-state index is 5.54. The molecule has 1 heterocycles. The maximum atomic E-state index is 5.54. The van der Waals surface area contributed by atoms with Crippen molar-refractivity contribution < 1.29 is 24.8 Å². The van der Waals surface area contributed by atoms with E-state index in [1.165, 1.54) is 21.6 Å². The Morgan fingerprint density at radius 1 is 1.04 bits per heavy atom. The molecule has 0 radical (unpaired) electrons. The van der Waals surface area contributed by atoms with Crippen molar-refractivity contribution in [1.29, 1.82) is 0 Å². The molecular weight excluding hydrogens is 328 g/mol. The van der Waals surface area contributed by atoms with E-state index in [9.17, 15) is 0 Å². The zero-order valence-electron chi connectivity index (χ0n) is 16.2. The zero-order valence-corrected chi connectivity index (χ0v) is 16.2. The molecule has 4 N–H and O–H groups in total. The predicted molar refractivity (Wildman–Crippen MR) is 101 cm³/mol. The molecule has 2 aromatic carbocycles. The fourth-order valence-corrected chi connectivity index (χ4v) is 4.03. The molecule has 2 aromatic rings. The second kappa shape index (κ2) is 7.98. The lowest BCUT2D eigenvalue weighted by molar-refractivity contribution is -0.957. The van der Waals surface area contributed by atoms with Crippen LogP contribution in [0.25, 0.3) is 0 Å². The van der Waals surface area contributed by atoms with Crippen LogP contribution in [0.2, 0.25) is 0 Å². The maximum Gasteiger partial charge on any atom is 0.166 e. The predicted octanol–water partition coefficient (Wildman–Crippen LogP) is 1.03. The van der Waals surface area contributed by atoms with Crippen LogP contribution in [0, 0.1) is 0 Å². The molecule has 0 aromatic heterocycles. The summed E-state index contributed by atoms with van der Waals surface area (Å²) in [5.41, 5.74) is 8.36. The summed E-state index contributed by atoms with van der Waals surface area (Å²) in [6, 6.07) is 13.3. The third-order valence-corrected chi connectivity index (χ3v) is 5.30. The quantitative estimate of drug-likeness (QED) is 0.811. The Bertz CT molecular complexity index is 744. The fraction of sp³-hybridized carbons (Fsp3) is 0.429. The summed E-state index contributed by atoms with van der Waals surface area (Å²) in [7, 11) is 5.08. The van der Waals surface area contributed by atoms with Crippen molar-refractivity contribution in [2.24, 2.45) is 0 Å². The lowest BCUT2D eigenvalue weighted by atomic mass is 9.88. The van der Waals surface area contributed by atoms with Gasteiger partial charge in [0.05, 0.1) is 27.9 Å². The molecule has 0 amide bonds. The van der Waals surface area contributed by atoms with Crippen LogP contribution in [0.4, 0.5) is 0 Å². The number of nitrogens with one attached hydrogen (secondary N) is 1. The summed E-state index contributed by atoms with van der Waals surface area (Å²) in [6.07, 6.45) is 1.03. The van der Waals surface area contributed by atoms with Crippen molar-refractivity contribution in [2.75, 3.05) is 27.9 Å². The minimum absolute atomic E-state index is 0.292. The first kappa shape index (κ1) is 18.5. The lowest BCUT2D eigenvalue weighted by Gasteiger charge is -2.35. The van der Waals surface area contributed by atoms with E-state index in [0.29, 0.717) is 12.1 Å². The Morgan fingerprint density at radius 3 is 2.27 bits per heavy atom. The van der Waals surface area contributed by atoms with Crippen molar-refractivity contribution in [2.45, 2.75) is 32.0 Å². The highest BCUT2D eigenvalue weighted by Crippen LogP contribution is 2.34. The van der Waals surface area contributed by atoms with E-state index in [1.807, 2.05) is 12.1 Å². The Balaban J connectivity index is 1.91. The normalized spacial score (nSPS) is 20.2. The van der Waals surface area contributed by atoms with Gasteiger partial charge in [-0.3, -0.25) is 0 Å². The summed E-state index contributed by atoms with van der Waals surface area (Å²) in [4.78, 5) is 1.54. The van der Waals surface area contributed by atoms with Gasteiger partial charge < -0.3 is 24.8 Å². The SMILES string of the molecule is COc1ccc(C[NH+]2CCc3cc(OC)c(OC)cc3[C@@H]2[C@H](C)[NH3+])cc1. The van der Waals surface area contributed by atoms with Gasteiger partial charge in [0.2, 0.25) is 0 Å². The largest absolute Gasteiger partial charge is 0.497 e. The average Bonchev–Trinajstić information content (AvgIpc) is 2.66. The number of quaternary nitrogens is 2. The zero-order chi connectivity index (χ0) is 18.7. The molecule has 0 bridgehead atoms. The Hall–Kier alpha value is -2.24. The lowest BCUT2D eigenvalue weighted by Crippen LogP contribution is -3.14. The van der Waals surface area contributed by atoms with Gasteiger partial charge in [0, 0.05) is 17.5 Å². The number of rotatable bonds is 6. The van der Waals surface area contributed by atoms with Gasteiger partial charge in [-0.15, -0.1) is 0 Å². The highest BCUT2D eigenvalue weighted by molar-refractivity contribution is 5.49. The van der Waals surface area contributed by atoms with Gasteiger partial charge in [-0.05, 0) is 48.9 Å². The molecule has 1 unspecified atom stereocenters. The molecule has 0 spiro atoms. The summed E-state index contributed by atoms with van der Waals surface area (Å²) in [5, 5.41) is 0. The van der Waals surface area contributed by atoms with Crippen LogP contribution in [-0.2, 0) is 13.0 Å². The Kier molecular flexibility index (Phi) is 5.69. The number of hydrogen-bond acceptors (Lipinski definition) is 3. The van der Waals surface area contributed by atoms with Gasteiger partial charge in [0.15, 0.2) is 17.5 Å². The standard InChI is InChI=1S/C21H28N2O3/c1-14(22)21-18-12-20(26-4)19(25-3)11-16(18)9-10-23(21)13-15-5-7-17(24-2)8-6-15/h5-8,11-12,14,21H,9-10,13,22H2,1-4H3/p+2/t14-,21-/m0/s1. The minimum Gasteiger partial charge on any atom is -0.497 e. The summed E-state index contributed by atoms with van der Waals surface area (Å²) < 4.78 is 16.3. The van der Waals surface area contributed by atoms with E-state index in [1.54, 1.807) is 21.3 Å². The average molecular weight is 358 g/mol. The highest BCUT2D eigenvalue weighted by Gasteiger charge is 2.36. The van der Waals surface area contributed by atoms with Gasteiger partial charge in [-0.2, -0.15) is 0 Å². The Labute approximate surface area is 155 Å². The van der Waals surface area contributed by atoms with Crippen molar-refractivity contribution in [3.8, 4) is 17.2 Å². The first-order valence-electron chi connectivity index (χ1n) is 9.12. The first-order valence-corrected chi connectivity index (χ1v) is 9.12. The number of benzene rings is 2. The van der Waals surface area contributed by atoms with Crippen LogP contribution in [-0.4, -0.2) is 33.9 Å². The topological polar surface area (TPSA) is 59.8 Å². The molecule has 140 valence electrons. The molecule has 5 nitrogen and oxygen atoms in total. The van der Waals surface area contributed by atoms with Crippen LogP contribution in [0.15, 0.2) is 36.4 Å². The van der Waals surface area contributed by atoms with E-state index < -0.39 is 0 Å². The molecule has 3 rings (SSSR count). The van der Waals surface area contributed by atoms with Gasteiger partial charge in [0.25, 0.3) is 0 Å². The van der Waals surface area contributed by atoms with Gasteiger partial charge in [-0.1, -0.05) is 0 Å². The third-order valence-electron chi connectivity index (χ3n) is 5.30. The monoisotopic (exact) mass is 358 g/mol. The molecule has 0 saturated carbocycles. The van der Waals surface area contributed by atoms with Crippen LogP contribution < -0.4 is 24.8 Å². The second-order valence-electron chi connectivity index (χ2n) is 7.04. The molecule has 3 atom stereocenters. The molecule has 1 aliphatic rings. The molecule has 0 fully saturated rings. The van der Waals surface area contributed by atoms with Crippen molar-refractivity contribution in [1.82, 2.24) is 0 Å². The minimum atomic E-state index is 0.292. The van der Waals surface area contributed by atoms with Crippen LogP contribution >= 0.6 is 0 Å². The van der Waals surface area contributed by atoms with Gasteiger partial charge in [-0.25, -0.2) is 0 Å². The third kappa shape index (κ3) is 3.64. The summed E-state index contributed by atoms with van der Waals surface area (Å²) in [5.74, 6) is 2.49. The fourth-order valence-electron chi connectivity index (χ4n) is 4.03. The van der Waals surface area contributed by atoms with Gasteiger partial charge >= 0.3 is 0 Å². The van der Waals surface area contributed by atoms with E-state index in [4.69, 9.17) is 14.2 Å². The first-order chi connectivity index (χ1) is 12.6. The second-order valence-corrected chi connectivity index (χ2v) is 7.04. The van der Waals surface area contributed by atoms with Crippen molar-refractivity contribution >= 4 is 0 Å². The molecule has 5 heteroatoms. The van der Waals surface area contributed by atoms with Crippen LogP contribution in [0.5, 0.6) is 17.2 Å². The van der Waals surface area contributed by atoms with Crippen molar-refractivity contribution in [3.63, 3.8) is 0 Å². The van der Waals surface area contributed by atoms with E-state index in [0.717, 1.165) is 36.8 Å². The van der Waals surface area contributed by atoms with Crippen LogP contribution in [0.1, 0.15) is 29.7 Å². The van der Waals surface area contributed by atoms with Gasteiger partial charge in [0.1, 0.15) is 18.3 Å². The molecule has 26 heavy (non-hydrogen) atoms. The highest BCUT2D eigenvalue weighted by atomic mass is 16.5. The number of fused-ring (bicyclic) bond motifs is 1. The summed E-state index contributed by atoms with van der Waals surface area (Å²) >= 11 is 0. The number of hydrogen-bond donors (Lipinski definition) is 2. The summed E-state index contributed by atoms with van der Waals surface area (Å²) in [6.45, 7) is 4.26. The molecular formula is C21H30N2O3+2. The Morgan fingerprint density at radius 2 is 1.69 bits per heavy atom. The molecule has 1 aliphatic heterocycles. The smallest absolute Gasteiger partial charge is 0.166 e. The number of methoxy groups -OCH3 is 3. The van der Waals surface area contributed by atoms with Crippen molar-refractivity contribution in [3.05, 3.63) is 53.1 Å².